The largest absolute Gasteiger partial charge is 0.339 e. The number of nitrogens with zero attached hydrogens (tertiary/aromatic N) is 3. The average molecular weight is 465 g/mol. The minimum atomic E-state index is -0.120. The minimum Gasteiger partial charge on any atom is -0.339 e. The molecule has 5 rings (SSSR count). The number of halogens is 1. The molecule has 1 aliphatic heterocycles. The Morgan fingerprint density at radius 1 is 1.06 bits per heavy atom. The normalized spacial score (nSPS) is 16.6. The van der Waals surface area contributed by atoms with Crippen molar-refractivity contribution < 1.29 is 14.1 Å². The van der Waals surface area contributed by atoms with E-state index in [-0.39, 0.29) is 17.7 Å². The molecule has 0 radical (unpaired) electrons. The van der Waals surface area contributed by atoms with Crippen LogP contribution in [-0.4, -0.2) is 39.9 Å². The molecule has 0 atom stereocenters. The highest BCUT2D eigenvalue weighted by atomic mass is 35.5. The zero-order valence-corrected chi connectivity index (χ0v) is 19.1. The van der Waals surface area contributed by atoms with Crippen LogP contribution in [0.2, 0.25) is 5.02 Å². The van der Waals surface area contributed by atoms with Crippen molar-refractivity contribution in [2.24, 2.45) is 5.92 Å². The molecule has 1 aliphatic carbocycles. The summed E-state index contributed by atoms with van der Waals surface area (Å²) in [5, 5.41) is 7.69. The van der Waals surface area contributed by atoms with Gasteiger partial charge in [0.05, 0.1) is 0 Å². The van der Waals surface area contributed by atoms with Gasteiger partial charge in [-0.1, -0.05) is 28.9 Å². The monoisotopic (exact) mass is 464 g/mol. The van der Waals surface area contributed by atoms with Crippen molar-refractivity contribution in [3.63, 3.8) is 0 Å². The van der Waals surface area contributed by atoms with E-state index < -0.39 is 0 Å². The Hall–Kier alpha value is -3.19. The molecule has 2 heterocycles. The second kappa shape index (κ2) is 8.98. The third-order valence-corrected chi connectivity index (χ3v) is 6.59. The molecule has 2 fully saturated rings. The van der Waals surface area contributed by atoms with E-state index in [4.69, 9.17) is 16.1 Å². The number of hydrogen-bond donors (Lipinski definition) is 1. The molecule has 1 N–H and O–H groups in total. The van der Waals surface area contributed by atoms with Crippen LogP contribution >= 0.6 is 11.6 Å². The summed E-state index contributed by atoms with van der Waals surface area (Å²) in [6.07, 6.45) is 3.48. The van der Waals surface area contributed by atoms with Crippen LogP contribution in [0.3, 0.4) is 0 Å². The van der Waals surface area contributed by atoms with Gasteiger partial charge < -0.3 is 14.7 Å². The first kappa shape index (κ1) is 21.6. The zero-order valence-electron chi connectivity index (χ0n) is 18.4. The van der Waals surface area contributed by atoms with E-state index in [0.29, 0.717) is 54.2 Å². The molecule has 2 aliphatic rings. The lowest BCUT2D eigenvalue weighted by Gasteiger charge is -2.31. The van der Waals surface area contributed by atoms with E-state index in [0.717, 1.165) is 29.7 Å². The van der Waals surface area contributed by atoms with Crippen molar-refractivity contribution in [3.8, 4) is 11.4 Å². The van der Waals surface area contributed by atoms with Gasteiger partial charge in [0.2, 0.25) is 17.6 Å². The summed E-state index contributed by atoms with van der Waals surface area (Å²) in [4.78, 5) is 31.9. The fourth-order valence-electron chi connectivity index (χ4n) is 4.14. The first-order valence-corrected chi connectivity index (χ1v) is 11.7. The van der Waals surface area contributed by atoms with E-state index in [1.807, 2.05) is 36.1 Å². The van der Waals surface area contributed by atoms with Crippen LogP contribution < -0.4 is 5.32 Å². The number of benzene rings is 2. The van der Waals surface area contributed by atoms with Crippen molar-refractivity contribution >= 4 is 29.1 Å². The summed E-state index contributed by atoms with van der Waals surface area (Å²) in [5.41, 5.74) is 3.14. The van der Waals surface area contributed by atoms with Crippen molar-refractivity contribution in [2.45, 2.75) is 38.5 Å². The molecule has 7 nitrogen and oxygen atoms in total. The Morgan fingerprint density at radius 2 is 1.79 bits per heavy atom. The molecule has 8 heteroatoms. The van der Waals surface area contributed by atoms with Gasteiger partial charge in [0, 0.05) is 46.8 Å². The first-order chi connectivity index (χ1) is 16.0. The van der Waals surface area contributed by atoms with E-state index in [9.17, 15) is 9.59 Å². The van der Waals surface area contributed by atoms with Gasteiger partial charge in [-0.15, -0.1) is 0 Å². The van der Waals surface area contributed by atoms with Crippen LogP contribution in [0.5, 0.6) is 0 Å². The molecule has 2 amide bonds. The van der Waals surface area contributed by atoms with Gasteiger partial charge in [0.15, 0.2) is 0 Å². The van der Waals surface area contributed by atoms with Gasteiger partial charge in [-0.3, -0.25) is 9.59 Å². The van der Waals surface area contributed by atoms with Gasteiger partial charge in [0.25, 0.3) is 5.91 Å². The third kappa shape index (κ3) is 4.78. The molecule has 170 valence electrons. The maximum absolute atomic E-state index is 13.0. The van der Waals surface area contributed by atoms with Crippen molar-refractivity contribution in [2.75, 3.05) is 18.4 Å². The van der Waals surface area contributed by atoms with Crippen LogP contribution in [0.15, 0.2) is 47.0 Å². The third-order valence-electron chi connectivity index (χ3n) is 6.36. The Bertz CT molecular complexity index is 1180. The SMILES string of the molecule is Cc1cc(Cl)ccc1NC(=O)C1CCN(C(=O)c2ccc(-c3noc(C4CC4)n3)cc2)CC1. The lowest BCUT2D eigenvalue weighted by Crippen LogP contribution is -2.41. The summed E-state index contributed by atoms with van der Waals surface area (Å²) in [5.74, 6) is 1.50. The highest BCUT2D eigenvalue weighted by Crippen LogP contribution is 2.39. The number of hydrogen-bond acceptors (Lipinski definition) is 5. The summed E-state index contributed by atoms with van der Waals surface area (Å²) >= 11 is 5.99. The molecular formula is C25H25ClN4O3. The van der Waals surface area contributed by atoms with E-state index in [1.54, 1.807) is 18.2 Å². The van der Waals surface area contributed by atoms with Gasteiger partial charge in [0.1, 0.15) is 0 Å². The molecule has 3 aromatic rings. The number of aryl methyl sites for hydroxylation is 1. The number of anilines is 1. The minimum absolute atomic E-state index is 0.0115. The molecule has 1 saturated carbocycles. The Morgan fingerprint density at radius 3 is 2.45 bits per heavy atom. The molecule has 2 aromatic carbocycles. The predicted molar refractivity (Wildman–Crippen MR) is 125 cm³/mol. The maximum Gasteiger partial charge on any atom is 0.253 e. The number of carbonyl (C=O) groups is 2. The maximum atomic E-state index is 13.0. The van der Waals surface area contributed by atoms with Crippen molar-refractivity contribution in [3.05, 3.63) is 64.5 Å². The number of amides is 2. The van der Waals surface area contributed by atoms with E-state index in [2.05, 4.69) is 15.5 Å². The standard InChI is InChI=1S/C25H25ClN4O3/c1-15-14-20(26)8-9-21(15)27-23(31)17-10-12-30(13-11-17)25(32)19-6-2-16(3-7-19)22-28-24(33-29-22)18-4-5-18/h2-3,6-9,14,17-18H,4-5,10-13H2,1H3,(H,27,31). The number of carbonyl (C=O) groups excluding carboxylic acids is 2. The Labute approximate surface area is 197 Å². The van der Waals surface area contributed by atoms with Gasteiger partial charge in [-0.05, 0) is 68.5 Å². The summed E-state index contributed by atoms with van der Waals surface area (Å²) in [6.45, 7) is 3.01. The second-order valence-electron chi connectivity index (χ2n) is 8.82. The smallest absolute Gasteiger partial charge is 0.253 e. The fraction of sp³-hybridized carbons (Fsp3) is 0.360. The molecule has 1 aromatic heterocycles. The highest BCUT2D eigenvalue weighted by Gasteiger charge is 2.30. The first-order valence-electron chi connectivity index (χ1n) is 11.3. The number of rotatable bonds is 5. The van der Waals surface area contributed by atoms with Gasteiger partial charge >= 0.3 is 0 Å². The molecule has 33 heavy (non-hydrogen) atoms. The molecule has 0 spiro atoms. The highest BCUT2D eigenvalue weighted by molar-refractivity contribution is 6.30. The topological polar surface area (TPSA) is 88.3 Å². The van der Waals surface area contributed by atoms with Crippen LogP contribution in [0.4, 0.5) is 5.69 Å². The summed E-state index contributed by atoms with van der Waals surface area (Å²) in [7, 11) is 0. The lowest BCUT2D eigenvalue weighted by molar-refractivity contribution is -0.121. The molecule has 1 saturated heterocycles. The second-order valence-corrected chi connectivity index (χ2v) is 9.26. The molecule has 0 bridgehead atoms. The van der Waals surface area contributed by atoms with Crippen molar-refractivity contribution in [1.82, 2.24) is 15.0 Å². The van der Waals surface area contributed by atoms with Crippen LogP contribution in [-0.2, 0) is 4.79 Å². The van der Waals surface area contributed by atoms with Crippen LogP contribution in [0.1, 0.15) is 53.4 Å². The summed E-state index contributed by atoms with van der Waals surface area (Å²) < 4.78 is 5.32. The average Bonchev–Trinajstić information content (AvgIpc) is 3.57. The zero-order chi connectivity index (χ0) is 22.9. The lowest BCUT2D eigenvalue weighted by atomic mass is 9.95. The molecule has 0 unspecified atom stereocenters. The number of nitrogens with one attached hydrogen (secondary N) is 1. The summed E-state index contributed by atoms with van der Waals surface area (Å²) in [6, 6.07) is 12.7. The predicted octanol–water partition coefficient (Wildman–Crippen LogP) is 5.07. The quantitative estimate of drug-likeness (QED) is 0.569. The van der Waals surface area contributed by atoms with E-state index >= 15 is 0 Å². The number of aromatic nitrogens is 2. The van der Waals surface area contributed by atoms with E-state index in [1.165, 1.54) is 0 Å². The Balaban J connectivity index is 1.16. The van der Waals surface area contributed by atoms with Crippen LogP contribution in [0, 0.1) is 12.8 Å². The Kier molecular flexibility index (Phi) is 5.89. The fourth-order valence-corrected chi connectivity index (χ4v) is 4.37. The van der Waals surface area contributed by atoms with Crippen LogP contribution in [0.25, 0.3) is 11.4 Å². The number of likely N-dealkylation sites (tertiary alicyclic amines) is 1. The molecular weight excluding hydrogens is 440 g/mol. The van der Waals surface area contributed by atoms with Crippen molar-refractivity contribution in [1.29, 1.82) is 0 Å². The van der Waals surface area contributed by atoms with Gasteiger partial charge in [-0.25, -0.2) is 0 Å². The van der Waals surface area contributed by atoms with Gasteiger partial charge in [-0.2, -0.15) is 4.98 Å². The number of piperidine rings is 1.